The van der Waals surface area contributed by atoms with E-state index in [1.807, 2.05) is 24.3 Å². The van der Waals surface area contributed by atoms with Crippen LogP contribution in [-0.2, 0) is 5.75 Å². The van der Waals surface area contributed by atoms with Crippen molar-refractivity contribution in [2.45, 2.75) is 10.9 Å². The van der Waals surface area contributed by atoms with E-state index in [0.717, 1.165) is 27.4 Å². The van der Waals surface area contributed by atoms with Gasteiger partial charge in [-0.3, -0.25) is 5.10 Å². The van der Waals surface area contributed by atoms with Gasteiger partial charge in [-0.2, -0.15) is 5.10 Å². The van der Waals surface area contributed by atoms with E-state index in [9.17, 15) is 0 Å². The summed E-state index contributed by atoms with van der Waals surface area (Å²) in [5.41, 5.74) is 7.81. The van der Waals surface area contributed by atoms with E-state index in [1.165, 1.54) is 18.1 Å². The van der Waals surface area contributed by atoms with Crippen LogP contribution < -0.4 is 10.5 Å². The molecule has 3 aromatic rings. The molecular weight excluding hydrogens is 274 g/mol. The molecule has 0 spiro atoms. The number of ether oxygens (including phenoxy) is 1. The maximum absolute atomic E-state index is 6.01. The van der Waals surface area contributed by atoms with Gasteiger partial charge in [0.15, 0.2) is 5.16 Å². The van der Waals surface area contributed by atoms with Crippen molar-refractivity contribution in [3.8, 4) is 5.75 Å². The van der Waals surface area contributed by atoms with Crippen LogP contribution >= 0.6 is 11.8 Å². The number of nitrogens with zero attached hydrogens (tertiary/aromatic N) is 3. The lowest BCUT2D eigenvalue weighted by atomic mass is 10.1. The summed E-state index contributed by atoms with van der Waals surface area (Å²) in [7, 11) is 1.63. The van der Waals surface area contributed by atoms with Gasteiger partial charge in [0.1, 0.15) is 17.9 Å². The van der Waals surface area contributed by atoms with Crippen molar-refractivity contribution in [3.63, 3.8) is 0 Å². The number of rotatable bonds is 4. The molecule has 0 saturated heterocycles. The van der Waals surface area contributed by atoms with Gasteiger partial charge in [-0.1, -0.05) is 11.8 Å². The first-order valence-corrected chi connectivity index (χ1v) is 6.96. The van der Waals surface area contributed by atoms with E-state index >= 15 is 0 Å². The van der Waals surface area contributed by atoms with Gasteiger partial charge in [-0.25, -0.2) is 9.97 Å². The van der Waals surface area contributed by atoms with E-state index < -0.39 is 0 Å². The lowest BCUT2D eigenvalue weighted by Gasteiger charge is -2.07. The molecule has 0 aliphatic carbocycles. The highest BCUT2D eigenvalue weighted by atomic mass is 32.2. The zero-order chi connectivity index (χ0) is 13.9. The van der Waals surface area contributed by atoms with E-state index in [-0.39, 0.29) is 0 Å². The topological polar surface area (TPSA) is 89.7 Å². The standard InChI is InChI=1S/C13H13N5OS/c1-19-10-3-2-8-4-9(12(14)17-11(8)5-10)6-20-13-15-7-16-18-13/h2-5,7H,6H2,1H3,(H2,14,17)(H,15,16,18). The Kier molecular flexibility index (Phi) is 3.42. The SMILES string of the molecule is COc1ccc2cc(CSc3ncn[nH]3)c(N)nc2c1. The number of aromatic nitrogens is 4. The summed E-state index contributed by atoms with van der Waals surface area (Å²) in [4.78, 5) is 8.49. The number of methoxy groups -OCH3 is 1. The van der Waals surface area contributed by atoms with Gasteiger partial charge in [0.05, 0.1) is 12.6 Å². The molecule has 3 N–H and O–H groups in total. The minimum Gasteiger partial charge on any atom is -0.497 e. The second kappa shape index (κ2) is 5.38. The minimum atomic E-state index is 0.526. The van der Waals surface area contributed by atoms with Gasteiger partial charge in [-0.15, -0.1) is 0 Å². The first-order chi connectivity index (χ1) is 9.76. The van der Waals surface area contributed by atoms with Crippen molar-refractivity contribution in [3.05, 3.63) is 36.2 Å². The summed E-state index contributed by atoms with van der Waals surface area (Å²) in [5, 5.41) is 8.41. The number of nitrogen functional groups attached to an aromatic ring is 1. The molecule has 0 amide bonds. The molecule has 1 aromatic carbocycles. The fourth-order valence-electron chi connectivity index (χ4n) is 1.86. The quantitative estimate of drug-likeness (QED) is 0.715. The molecule has 0 bridgehead atoms. The average molecular weight is 287 g/mol. The molecule has 0 saturated carbocycles. The Morgan fingerprint density at radius 3 is 3.00 bits per heavy atom. The van der Waals surface area contributed by atoms with Crippen LogP contribution in [0.5, 0.6) is 5.75 Å². The molecule has 6 nitrogen and oxygen atoms in total. The number of H-pyrrole nitrogens is 1. The highest BCUT2D eigenvalue weighted by Crippen LogP contribution is 2.26. The summed E-state index contributed by atoms with van der Waals surface area (Å²) in [6.45, 7) is 0. The highest BCUT2D eigenvalue weighted by Gasteiger charge is 2.07. The van der Waals surface area contributed by atoms with E-state index in [4.69, 9.17) is 10.5 Å². The third-order valence-corrected chi connectivity index (χ3v) is 3.82. The number of thioether (sulfide) groups is 1. The second-order valence-electron chi connectivity index (χ2n) is 4.17. The third-order valence-electron chi connectivity index (χ3n) is 2.89. The largest absolute Gasteiger partial charge is 0.497 e. The maximum Gasteiger partial charge on any atom is 0.183 e. The molecule has 102 valence electrons. The zero-order valence-electron chi connectivity index (χ0n) is 10.8. The van der Waals surface area contributed by atoms with Gasteiger partial charge in [0.2, 0.25) is 0 Å². The van der Waals surface area contributed by atoms with Crippen molar-refractivity contribution in [2.75, 3.05) is 12.8 Å². The van der Waals surface area contributed by atoms with Crippen LogP contribution in [0.2, 0.25) is 0 Å². The van der Waals surface area contributed by atoms with Crippen LogP contribution in [0.3, 0.4) is 0 Å². The van der Waals surface area contributed by atoms with E-state index in [2.05, 4.69) is 20.2 Å². The van der Waals surface area contributed by atoms with Crippen molar-refractivity contribution < 1.29 is 4.74 Å². The predicted octanol–water partition coefficient (Wildman–Crippen LogP) is 2.24. The van der Waals surface area contributed by atoms with Gasteiger partial charge in [-0.05, 0) is 18.2 Å². The molecule has 0 aliphatic heterocycles. The van der Waals surface area contributed by atoms with E-state index in [0.29, 0.717) is 11.6 Å². The Hall–Kier alpha value is -2.28. The smallest absolute Gasteiger partial charge is 0.183 e. The Morgan fingerprint density at radius 1 is 1.35 bits per heavy atom. The molecule has 2 heterocycles. The Balaban J connectivity index is 1.89. The molecule has 0 aliphatic rings. The normalized spacial score (nSPS) is 10.8. The predicted molar refractivity (Wildman–Crippen MR) is 78.7 cm³/mol. The van der Waals surface area contributed by atoms with Gasteiger partial charge >= 0.3 is 0 Å². The Morgan fingerprint density at radius 2 is 2.25 bits per heavy atom. The first-order valence-electron chi connectivity index (χ1n) is 5.97. The van der Waals surface area contributed by atoms with Crippen LogP contribution in [0.25, 0.3) is 10.9 Å². The van der Waals surface area contributed by atoms with Crippen LogP contribution in [0.4, 0.5) is 5.82 Å². The molecule has 7 heteroatoms. The van der Waals surface area contributed by atoms with Crippen molar-refractivity contribution >= 4 is 28.5 Å². The molecule has 3 rings (SSSR count). The summed E-state index contributed by atoms with van der Waals surface area (Å²) < 4.78 is 5.18. The number of nitrogens with two attached hydrogens (primary N) is 1. The zero-order valence-corrected chi connectivity index (χ0v) is 11.6. The first kappa shape index (κ1) is 12.7. The molecule has 0 radical (unpaired) electrons. The Bertz CT molecular complexity index is 729. The molecule has 20 heavy (non-hydrogen) atoms. The number of anilines is 1. The Labute approximate surface area is 119 Å². The van der Waals surface area contributed by atoms with Crippen LogP contribution in [0.15, 0.2) is 35.7 Å². The van der Waals surface area contributed by atoms with Gasteiger partial charge in [0.25, 0.3) is 0 Å². The number of hydrogen-bond acceptors (Lipinski definition) is 6. The highest BCUT2D eigenvalue weighted by molar-refractivity contribution is 7.98. The number of aromatic amines is 1. The van der Waals surface area contributed by atoms with Gasteiger partial charge in [0, 0.05) is 22.8 Å². The number of benzene rings is 1. The lowest BCUT2D eigenvalue weighted by Crippen LogP contribution is -1.97. The lowest BCUT2D eigenvalue weighted by molar-refractivity contribution is 0.415. The van der Waals surface area contributed by atoms with Gasteiger partial charge < -0.3 is 10.5 Å². The summed E-state index contributed by atoms with van der Waals surface area (Å²) in [5.74, 6) is 1.99. The molecule has 2 aromatic heterocycles. The molecular formula is C13H13N5OS. The summed E-state index contributed by atoms with van der Waals surface area (Å²) >= 11 is 1.54. The molecule has 0 unspecified atom stereocenters. The maximum atomic E-state index is 6.01. The van der Waals surface area contributed by atoms with Crippen molar-refractivity contribution in [1.82, 2.24) is 20.2 Å². The summed E-state index contributed by atoms with van der Waals surface area (Å²) in [6, 6.07) is 7.80. The fourth-order valence-corrected chi connectivity index (χ4v) is 2.62. The third kappa shape index (κ3) is 2.53. The van der Waals surface area contributed by atoms with E-state index in [1.54, 1.807) is 7.11 Å². The van der Waals surface area contributed by atoms with Crippen LogP contribution in [0, 0.1) is 0 Å². The number of nitrogens with one attached hydrogen (secondary N) is 1. The van der Waals surface area contributed by atoms with Crippen molar-refractivity contribution in [1.29, 1.82) is 0 Å². The summed E-state index contributed by atoms with van der Waals surface area (Å²) in [6.07, 6.45) is 1.48. The number of hydrogen-bond donors (Lipinski definition) is 2. The molecule has 0 fully saturated rings. The van der Waals surface area contributed by atoms with Crippen molar-refractivity contribution in [2.24, 2.45) is 0 Å². The number of pyridine rings is 1. The fraction of sp³-hybridized carbons (Fsp3) is 0.154. The monoisotopic (exact) mass is 287 g/mol. The van der Waals surface area contributed by atoms with Crippen LogP contribution in [0.1, 0.15) is 5.56 Å². The number of fused-ring (bicyclic) bond motifs is 1. The van der Waals surface area contributed by atoms with Crippen LogP contribution in [-0.4, -0.2) is 27.3 Å². The average Bonchev–Trinajstić information content (AvgIpc) is 2.97. The minimum absolute atomic E-state index is 0.526. The second-order valence-corrected chi connectivity index (χ2v) is 5.13. The molecule has 0 atom stereocenters.